The minimum Gasteiger partial charge on any atom is -0.444 e. The largest absolute Gasteiger partial charge is 0.444 e. The maximum absolute atomic E-state index is 6.03. The second-order valence-corrected chi connectivity index (χ2v) is 7.28. The fourth-order valence-corrected chi connectivity index (χ4v) is 4.18. The highest BCUT2D eigenvalue weighted by atomic mass is 35.5. The van der Waals surface area contributed by atoms with Gasteiger partial charge in [-0.2, -0.15) is 0 Å². The Morgan fingerprint density at radius 1 is 1.12 bits per heavy atom. The Morgan fingerprint density at radius 3 is 2.62 bits per heavy atom. The summed E-state index contributed by atoms with van der Waals surface area (Å²) in [7, 11) is 0. The summed E-state index contributed by atoms with van der Waals surface area (Å²) in [6.07, 6.45) is 1.78. The number of rotatable bonds is 5. The Labute approximate surface area is 170 Å². The average molecular weight is 412 g/mol. The molecule has 3 heterocycles. The molecule has 1 saturated heterocycles. The van der Waals surface area contributed by atoms with E-state index in [-0.39, 0.29) is 24.8 Å². The highest BCUT2D eigenvalue weighted by Crippen LogP contribution is 2.33. The maximum atomic E-state index is 6.03. The van der Waals surface area contributed by atoms with Crippen molar-refractivity contribution in [2.45, 2.75) is 12.5 Å². The van der Waals surface area contributed by atoms with Gasteiger partial charge in [0.05, 0.1) is 10.6 Å². The molecule has 140 valence electrons. The van der Waals surface area contributed by atoms with Crippen molar-refractivity contribution in [2.75, 3.05) is 19.6 Å². The predicted molar refractivity (Wildman–Crippen MR) is 111 cm³/mol. The first kappa shape index (κ1) is 20.9. The van der Waals surface area contributed by atoms with Crippen molar-refractivity contribution in [1.29, 1.82) is 0 Å². The second-order valence-electron chi connectivity index (χ2n) is 6.33. The summed E-state index contributed by atoms with van der Waals surface area (Å²) >= 11 is 1.65. The Morgan fingerprint density at radius 2 is 1.92 bits per heavy atom. The van der Waals surface area contributed by atoms with E-state index >= 15 is 0 Å². The minimum atomic E-state index is 0. The molecule has 7 heteroatoms. The van der Waals surface area contributed by atoms with E-state index in [0.29, 0.717) is 17.7 Å². The third-order valence-electron chi connectivity index (χ3n) is 4.72. The van der Waals surface area contributed by atoms with Crippen molar-refractivity contribution in [3.8, 4) is 10.8 Å². The summed E-state index contributed by atoms with van der Waals surface area (Å²) in [5, 5.41) is 2.04. The third-order valence-corrected chi connectivity index (χ3v) is 5.57. The molecule has 4 nitrogen and oxygen atoms in total. The molecule has 0 amide bonds. The van der Waals surface area contributed by atoms with Crippen molar-refractivity contribution in [3.05, 3.63) is 65.4 Å². The number of benzene rings is 1. The highest BCUT2D eigenvalue weighted by Gasteiger charge is 2.33. The van der Waals surface area contributed by atoms with Crippen LogP contribution in [0.4, 0.5) is 0 Å². The number of hydrogen-bond donors (Lipinski definition) is 1. The van der Waals surface area contributed by atoms with E-state index in [4.69, 9.17) is 10.2 Å². The van der Waals surface area contributed by atoms with Crippen molar-refractivity contribution in [2.24, 2.45) is 11.7 Å². The quantitative estimate of drug-likeness (QED) is 0.674. The predicted octanol–water partition coefficient (Wildman–Crippen LogP) is 4.42. The first-order valence-electron chi connectivity index (χ1n) is 8.29. The highest BCUT2D eigenvalue weighted by molar-refractivity contribution is 7.13. The number of likely N-dealkylation sites (tertiary alicyclic amines) is 1. The summed E-state index contributed by atoms with van der Waals surface area (Å²) in [5.74, 6) is 1.71. The molecule has 0 spiro atoms. The van der Waals surface area contributed by atoms with E-state index in [1.54, 1.807) is 17.6 Å². The van der Waals surface area contributed by atoms with Gasteiger partial charge < -0.3 is 10.2 Å². The standard InChI is InChI=1S/C19H21N3OS.2ClH/c20-9-15-10-22(12-17(15)14-5-2-1-3-6-14)11-16-13-23-19(21-16)18-7-4-8-24-18;;/h1-8,13,15,17H,9-12,20H2;2*1H/t15-,17+;;/m1../s1. The van der Waals surface area contributed by atoms with Gasteiger partial charge in [0.25, 0.3) is 0 Å². The molecule has 2 aromatic heterocycles. The van der Waals surface area contributed by atoms with Gasteiger partial charge in [0.2, 0.25) is 5.89 Å². The zero-order chi connectivity index (χ0) is 16.4. The molecule has 0 unspecified atom stereocenters. The normalized spacial score (nSPS) is 19.7. The van der Waals surface area contributed by atoms with Gasteiger partial charge in [0.15, 0.2) is 0 Å². The van der Waals surface area contributed by atoms with Crippen molar-refractivity contribution < 1.29 is 4.42 Å². The second kappa shape index (κ2) is 9.53. The van der Waals surface area contributed by atoms with Crippen LogP contribution in [0.15, 0.2) is 58.5 Å². The van der Waals surface area contributed by atoms with Gasteiger partial charge in [-0.1, -0.05) is 36.4 Å². The SMILES string of the molecule is Cl.Cl.NC[C@@H]1CN(Cc2coc(-c3cccs3)n2)C[C@H]1c1ccccc1. The Kier molecular flexibility index (Phi) is 7.68. The number of thiophene rings is 1. The van der Waals surface area contributed by atoms with Crippen molar-refractivity contribution >= 4 is 36.2 Å². The van der Waals surface area contributed by atoms with E-state index in [2.05, 4.69) is 40.2 Å². The first-order chi connectivity index (χ1) is 11.8. The van der Waals surface area contributed by atoms with E-state index in [1.165, 1.54) is 5.56 Å². The van der Waals surface area contributed by atoms with Crippen LogP contribution in [0.25, 0.3) is 10.8 Å². The smallest absolute Gasteiger partial charge is 0.236 e. The van der Waals surface area contributed by atoms with E-state index in [9.17, 15) is 0 Å². The van der Waals surface area contributed by atoms with Crippen LogP contribution in [0.1, 0.15) is 17.2 Å². The molecule has 3 aromatic rings. The van der Waals surface area contributed by atoms with E-state index < -0.39 is 0 Å². The molecule has 1 aliphatic heterocycles. The molecule has 2 N–H and O–H groups in total. The van der Waals surface area contributed by atoms with Gasteiger partial charge >= 0.3 is 0 Å². The average Bonchev–Trinajstić information content (AvgIpc) is 3.36. The molecular weight excluding hydrogens is 389 g/mol. The number of oxazole rings is 1. The number of nitrogens with two attached hydrogens (primary N) is 1. The molecule has 26 heavy (non-hydrogen) atoms. The molecule has 1 aliphatic rings. The lowest BCUT2D eigenvalue weighted by Gasteiger charge is -2.16. The maximum Gasteiger partial charge on any atom is 0.236 e. The lowest BCUT2D eigenvalue weighted by molar-refractivity contribution is 0.312. The van der Waals surface area contributed by atoms with Gasteiger partial charge in [-0.05, 0) is 29.5 Å². The van der Waals surface area contributed by atoms with Gasteiger partial charge in [-0.15, -0.1) is 36.2 Å². The van der Waals surface area contributed by atoms with Gasteiger partial charge in [0, 0.05) is 25.6 Å². The fourth-order valence-electron chi connectivity index (χ4n) is 3.53. The fraction of sp³-hybridized carbons (Fsp3) is 0.316. The summed E-state index contributed by atoms with van der Waals surface area (Å²) in [4.78, 5) is 8.15. The van der Waals surface area contributed by atoms with Crippen molar-refractivity contribution in [1.82, 2.24) is 9.88 Å². The summed E-state index contributed by atoms with van der Waals surface area (Å²) < 4.78 is 5.63. The Bertz CT molecular complexity index is 779. The van der Waals surface area contributed by atoms with Crippen LogP contribution < -0.4 is 5.73 Å². The van der Waals surface area contributed by atoms with Gasteiger partial charge in [-0.3, -0.25) is 4.90 Å². The molecule has 1 fully saturated rings. The zero-order valence-corrected chi connectivity index (χ0v) is 16.7. The van der Waals surface area contributed by atoms with Crippen LogP contribution in [0.3, 0.4) is 0 Å². The van der Waals surface area contributed by atoms with Crippen LogP contribution >= 0.6 is 36.2 Å². The summed E-state index contributed by atoms with van der Waals surface area (Å²) in [6.45, 7) is 3.56. The topological polar surface area (TPSA) is 55.3 Å². The number of nitrogens with zero attached hydrogens (tertiary/aromatic N) is 2. The van der Waals surface area contributed by atoms with Crippen LogP contribution in [0.5, 0.6) is 0 Å². The van der Waals surface area contributed by atoms with Crippen LogP contribution in [0, 0.1) is 5.92 Å². The van der Waals surface area contributed by atoms with E-state index in [1.807, 2.05) is 17.5 Å². The molecule has 2 atom stereocenters. The molecule has 0 radical (unpaired) electrons. The molecular formula is C19H23Cl2N3OS. The molecule has 0 saturated carbocycles. The minimum absolute atomic E-state index is 0. The molecule has 4 rings (SSSR count). The Hall–Kier alpha value is -1.37. The van der Waals surface area contributed by atoms with Crippen LogP contribution in [-0.4, -0.2) is 29.5 Å². The van der Waals surface area contributed by atoms with Crippen molar-refractivity contribution in [3.63, 3.8) is 0 Å². The monoisotopic (exact) mass is 411 g/mol. The first-order valence-corrected chi connectivity index (χ1v) is 9.17. The lowest BCUT2D eigenvalue weighted by atomic mass is 9.89. The summed E-state index contributed by atoms with van der Waals surface area (Å²) in [6, 6.07) is 14.7. The van der Waals surface area contributed by atoms with Gasteiger partial charge in [-0.25, -0.2) is 4.98 Å². The molecule has 0 aliphatic carbocycles. The molecule has 0 bridgehead atoms. The number of hydrogen-bond acceptors (Lipinski definition) is 5. The number of aromatic nitrogens is 1. The zero-order valence-electron chi connectivity index (χ0n) is 14.3. The van der Waals surface area contributed by atoms with E-state index in [0.717, 1.165) is 36.8 Å². The molecule has 1 aromatic carbocycles. The van der Waals surface area contributed by atoms with Crippen LogP contribution in [0.2, 0.25) is 0 Å². The number of halogens is 2. The summed E-state index contributed by atoms with van der Waals surface area (Å²) in [5.41, 5.74) is 8.40. The lowest BCUT2D eigenvalue weighted by Crippen LogP contribution is -2.23. The van der Waals surface area contributed by atoms with Crippen LogP contribution in [-0.2, 0) is 6.54 Å². The Balaban J connectivity index is 0.00000121. The van der Waals surface area contributed by atoms with Gasteiger partial charge in [0.1, 0.15) is 6.26 Å². The third kappa shape index (κ3) is 4.48.